The summed E-state index contributed by atoms with van der Waals surface area (Å²) >= 11 is 1.78. The van der Waals surface area contributed by atoms with Crippen LogP contribution >= 0.6 is 11.3 Å². The summed E-state index contributed by atoms with van der Waals surface area (Å²) in [5.41, 5.74) is 0. The predicted molar refractivity (Wildman–Crippen MR) is 97.5 cm³/mol. The molecule has 1 aliphatic rings. The molecule has 4 heterocycles. The summed E-state index contributed by atoms with van der Waals surface area (Å²) in [6.07, 6.45) is 6.63. The predicted octanol–water partition coefficient (Wildman–Crippen LogP) is 2.31. The second-order valence-electron chi connectivity index (χ2n) is 6.20. The summed E-state index contributed by atoms with van der Waals surface area (Å²) in [5, 5.41) is 1.21. The summed E-state index contributed by atoms with van der Waals surface area (Å²) in [4.78, 5) is 20.8. The number of rotatable bonds is 4. The number of piperazine rings is 1. The monoisotopic (exact) mass is 342 g/mol. The lowest BCUT2D eigenvalue weighted by Gasteiger charge is -2.35. The lowest BCUT2D eigenvalue weighted by atomic mass is 10.2. The molecule has 3 aromatic rings. The second kappa shape index (κ2) is 6.49. The van der Waals surface area contributed by atoms with Crippen molar-refractivity contribution in [3.8, 4) is 0 Å². The molecule has 0 atom stereocenters. The van der Waals surface area contributed by atoms with Gasteiger partial charge in [-0.2, -0.15) is 0 Å². The van der Waals surface area contributed by atoms with Crippen molar-refractivity contribution < 1.29 is 0 Å². The van der Waals surface area contributed by atoms with Crippen LogP contribution in [0.5, 0.6) is 0 Å². The van der Waals surface area contributed by atoms with E-state index in [-0.39, 0.29) is 0 Å². The van der Waals surface area contributed by atoms with E-state index in [0.717, 1.165) is 55.6 Å². The molecular formula is C17H22N6S. The molecule has 0 radical (unpaired) electrons. The van der Waals surface area contributed by atoms with Gasteiger partial charge in [0.2, 0.25) is 0 Å². The zero-order valence-electron chi connectivity index (χ0n) is 14.1. The average molecular weight is 342 g/mol. The average Bonchev–Trinajstić information content (AvgIpc) is 3.21. The minimum Gasteiger partial charge on any atom is -0.353 e. The van der Waals surface area contributed by atoms with Crippen LogP contribution < -0.4 is 4.90 Å². The van der Waals surface area contributed by atoms with Crippen molar-refractivity contribution in [1.82, 2.24) is 24.4 Å². The van der Waals surface area contributed by atoms with E-state index in [0.29, 0.717) is 0 Å². The number of imidazole rings is 1. The molecular weight excluding hydrogens is 320 g/mol. The normalized spacial score (nSPS) is 16.2. The third-order valence-electron chi connectivity index (χ3n) is 4.67. The molecule has 4 rings (SSSR count). The summed E-state index contributed by atoms with van der Waals surface area (Å²) in [7, 11) is 2.05. The van der Waals surface area contributed by atoms with Gasteiger partial charge < -0.3 is 9.47 Å². The smallest absolute Gasteiger partial charge is 0.140 e. The molecule has 0 N–H and O–H groups in total. The Labute approximate surface area is 145 Å². The van der Waals surface area contributed by atoms with Gasteiger partial charge in [0.05, 0.1) is 11.9 Å². The van der Waals surface area contributed by atoms with Crippen LogP contribution in [0, 0.1) is 0 Å². The summed E-state index contributed by atoms with van der Waals surface area (Å²) in [6.45, 7) is 7.15. The Hall–Kier alpha value is -1.99. The van der Waals surface area contributed by atoms with Gasteiger partial charge in [-0.1, -0.05) is 6.92 Å². The molecule has 0 aromatic carbocycles. The van der Waals surface area contributed by atoms with E-state index in [2.05, 4.69) is 49.4 Å². The Balaban J connectivity index is 1.48. The standard InChI is InChI=1S/C17H22N6S/c1-3-13-10-14-16(19-12-20-17(14)24-13)23-8-6-22(7-9-23)11-15-18-4-5-21(15)2/h4-5,10,12H,3,6-9,11H2,1-2H3. The number of thiophene rings is 1. The Morgan fingerprint density at radius 3 is 2.67 bits per heavy atom. The van der Waals surface area contributed by atoms with Crippen molar-refractivity contribution in [2.45, 2.75) is 19.9 Å². The molecule has 1 fully saturated rings. The second-order valence-corrected chi connectivity index (χ2v) is 7.32. The maximum Gasteiger partial charge on any atom is 0.140 e. The fraction of sp³-hybridized carbons (Fsp3) is 0.471. The zero-order valence-corrected chi connectivity index (χ0v) is 15.0. The van der Waals surface area contributed by atoms with Crippen molar-refractivity contribution in [3.05, 3.63) is 35.5 Å². The van der Waals surface area contributed by atoms with Gasteiger partial charge in [0.25, 0.3) is 0 Å². The summed E-state index contributed by atoms with van der Waals surface area (Å²) in [6, 6.07) is 2.26. The summed E-state index contributed by atoms with van der Waals surface area (Å²) < 4.78 is 2.10. The number of aromatic nitrogens is 4. The van der Waals surface area contributed by atoms with Crippen LogP contribution in [0.2, 0.25) is 0 Å². The fourth-order valence-corrected chi connectivity index (χ4v) is 4.12. The first kappa shape index (κ1) is 15.5. The Morgan fingerprint density at radius 1 is 1.12 bits per heavy atom. The molecule has 7 heteroatoms. The van der Waals surface area contributed by atoms with Crippen LogP contribution in [0.25, 0.3) is 10.2 Å². The number of nitrogens with zero attached hydrogens (tertiary/aromatic N) is 6. The van der Waals surface area contributed by atoms with Gasteiger partial charge in [-0.15, -0.1) is 11.3 Å². The Kier molecular flexibility index (Phi) is 4.20. The number of fused-ring (bicyclic) bond motifs is 1. The molecule has 0 spiro atoms. The van der Waals surface area contributed by atoms with Crippen LogP contribution in [0.1, 0.15) is 17.6 Å². The van der Waals surface area contributed by atoms with Crippen LogP contribution in [0.4, 0.5) is 5.82 Å². The molecule has 0 bridgehead atoms. The highest BCUT2D eigenvalue weighted by Gasteiger charge is 2.21. The summed E-state index contributed by atoms with van der Waals surface area (Å²) in [5.74, 6) is 2.21. The van der Waals surface area contributed by atoms with E-state index in [9.17, 15) is 0 Å². The van der Waals surface area contributed by atoms with Crippen molar-refractivity contribution in [1.29, 1.82) is 0 Å². The molecule has 0 unspecified atom stereocenters. The van der Waals surface area contributed by atoms with Gasteiger partial charge >= 0.3 is 0 Å². The molecule has 1 saturated heterocycles. The topological polar surface area (TPSA) is 50.1 Å². The van der Waals surface area contributed by atoms with E-state index in [1.165, 1.54) is 10.3 Å². The third kappa shape index (κ3) is 2.89. The molecule has 0 amide bonds. The zero-order chi connectivity index (χ0) is 16.5. The minimum atomic E-state index is 0.912. The largest absolute Gasteiger partial charge is 0.353 e. The highest BCUT2D eigenvalue weighted by Crippen LogP contribution is 2.30. The van der Waals surface area contributed by atoms with Gasteiger partial charge in [0, 0.05) is 50.5 Å². The Morgan fingerprint density at radius 2 is 1.96 bits per heavy atom. The van der Waals surface area contributed by atoms with Crippen LogP contribution in [0.15, 0.2) is 24.8 Å². The van der Waals surface area contributed by atoms with Gasteiger partial charge in [-0.05, 0) is 12.5 Å². The number of aryl methyl sites for hydroxylation is 2. The van der Waals surface area contributed by atoms with Crippen molar-refractivity contribution in [3.63, 3.8) is 0 Å². The maximum atomic E-state index is 4.58. The molecule has 126 valence electrons. The number of hydrogen-bond donors (Lipinski definition) is 0. The van der Waals surface area contributed by atoms with Crippen molar-refractivity contribution in [2.24, 2.45) is 7.05 Å². The van der Waals surface area contributed by atoms with Crippen LogP contribution in [-0.2, 0) is 20.0 Å². The van der Waals surface area contributed by atoms with Crippen molar-refractivity contribution >= 4 is 27.4 Å². The lowest BCUT2D eigenvalue weighted by Crippen LogP contribution is -2.46. The maximum absolute atomic E-state index is 4.58. The van der Waals surface area contributed by atoms with E-state index in [1.54, 1.807) is 17.7 Å². The van der Waals surface area contributed by atoms with Crippen molar-refractivity contribution in [2.75, 3.05) is 31.1 Å². The highest BCUT2D eigenvalue weighted by molar-refractivity contribution is 7.18. The Bertz CT molecular complexity index is 831. The van der Waals surface area contributed by atoms with Crippen LogP contribution in [-0.4, -0.2) is 50.6 Å². The first-order valence-corrected chi connectivity index (χ1v) is 9.23. The van der Waals surface area contributed by atoms with Gasteiger partial charge in [-0.3, -0.25) is 4.90 Å². The number of hydrogen-bond acceptors (Lipinski definition) is 6. The van der Waals surface area contributed by atoms with Crippen LogP contribution in [0.3, 0.4) is 0 Å². The molecule has 24 heavy (non-hydrogen) atoms. The van der Waals surface area contributed by atoms with E-state index in [4.69, 9.17) is 0 Å². The quantitative estimate of drug-likeness (QED) is 0.728. The fourth-order valence-electron chi connectivity index (χ4n) is 3.19. The molecule has 3 aromatic heterocycles. The van der Waals surface area contributed by atoms with Gasteiger partial charge in [0.15, 0.2) is 0 Å². The third-order valence-corrected chi connectivity index (χ3v) is 5.85. The van der Waals surface area contributed by atoms with E-state index < -0.39 is 0 Å². The number of anilines is 1. The van der Waals surface area contributed by atoms with E-state index >= 15 is 0 Å². The molecule has 1 aliphatic heterocycles. The highest BCUT2D eigenvalue weighted by atomic mass is 32.1. The molecule has 6 nitrogen and oxygen atoms in total. The lowest BCUT2D eigenvalue weighted by molar-refractivity contribution is 0.241. The molecule has 0 saturated carbocycles. The first-order chi connectivity index (χ1) is 11.7. The first-order valence-electron chi connectivity index (χ1n) is 8.41. The van der Waals surface area contributed by atoms with E-state index in [1.807, 2.05) is 12.4 Å². The van der Waals surface area contributed by atoms with Gasteiger partial charge in [-0.25, -0.2) is 15.0 Å². The van der Waals surface area contributed by atoms with Gasteiger partial charge in [0.1, 0.15) is 22.8 Å². The SMILES string of the molecule is CCc1cc2c(N3CCN(Cc4nccn4C)CC3)ncnc2s1. The molecule has 0 aliphatic carbocycles. The minimum absolute atomic E-state index is 0.912.